The Morgan fingerprint density at radius 3 is 2.54 bits per heavy atom. The lowest BCUT2D eigenvalue weighted by atomic mass is 9.78. The molecule has 1 aliphatic carbocycles. The summed E-state index contributed by atoms with van der Waals surface area (Å²) in [6, 6.07) is 12.3. The maximum Gasteiger partial charge on any atom is 0.250 e. The monoisotopic (exact) mass is 374 g/mol. The van der Waals surface area contributed by atoms with Gasteiger partial charge < -0.3 is 15.0 Å². The molecule has 5 nitrogen and oxygen atoms in total. The minimum atomic E-state index is -0.831. The zero-order valence-corrected chi connectivity index (χ0v) is 15.3. The summed E-state index contributed by atoms with van der Waals surface area (Å²) in [7, 11) is 0. The Morgan fingerprint density at radius 1 is 1.19 bits per heavy atom. The van der Waals surface area contributed by atoms with Gasteiger partial charge in [-0.15, -0.1) is 0 Å². The van der Waals surface area contributed by atoms with E-state index in [0.29, 0.717) is 5.02 Å². The molecule has 2 aromatic rings. The number of pyridine rings is 1. The van der Waals surface area contributed by atoms with Gasteiger partial charge in [0, 0.05) is 23.8 Å². The van der Waals surface area contributed by atoms with Gasteiger partial charge in [-0.25, -0.2) is 0 Å². The van der Waals surface area contributed by atoms with Crippen LogP contribution in [-0.2, 0) is 16.8 Å². The summed E-state index contributed by atoms with van der Waals surface area (Å²) in [4.78, 5) is 24.7. The summed E-state index contributed by atoms with van der Waals surface area (Å²) < 4.78 is 1.43. The Labute approximate surface area is 157 Å². The van der Waals surface area contributed by atoms with Crippen LogP contribution in [0, 0.1) is 0 Å². The standard InChI is InChI=1S/C20H23ClN2O3/c21-16-8-6-15(7-9-16)20(10-2-3-11-20)19(26)22-13-17(24)14-23-12-4-1-5-18(23)25/h1,4-9,12,17,24H,2-3,10-11,13-14H2,(H,22,26). The molecule has 26 heavy (non-hydrogen) atoms. The first-order valence-corrected chi connectivity index (χ1v) is 9.27. The third kappa shape index (κ3) is 4.00. The molecular weight excluding hydrogens is 352 g/mol. The van der Waals surface area contributed by atoms with Crippen LogP contribution in [0.3, 0.4) is 0 Å². The molecule has 1 aromatic carbocycles. The van der Waals surface area contributed by atoms with Crippen LogP contribution in [-0.4, -0.2) is 28.2 Å². The lowest BCUT2D eigenvalue weighted by Gasteiger charge is -2.29. The van der Waals surface area contributed by atoms with Gasteiger partial charge in [0.05, 0.1) is 18.1 Å². The largest absolute Gasteiger partial charge is 0.389 e. The number of hydrogen-bond donors (Lipinski definition) is 2. The fraction of sp³-hybridized carbons (Fsp3) is 0.400. The van der Waals surface area contributed by atoms with Crippen molar-refractivity contribution in [3.8, 4) is 0 Å². The normalized spacial score (nSPS) is 17.0. The maximum atomic E-state index is 13.0. The quantitative estimate of drug-likeness (QED) is 0.816. The van der Waals surface area contributed by atoms with Gasteiger partial charge in [-0.2, -0.15) is 0 Å². The molecule has 0 spiro atoms. The van der Waals surface area contributed by atoms with Gasteiger partial charge >= 0.3 is 0 Å². The van der Waals surface area contributed by atoms with Crippen LogP contribution < -0.4 is 10.9 Å². The summed E-state index contributed by atoms with van der Waals surface area (Å²) >= 11 is 5.97. The third-order valence-electron chi connectivity index (χ3n) is 5.09. The molecule has 0 radical (unpaired) electrons. The first kappa shape index (κ1) is 18.7. The van der Waals surface area contributed by atoms with E-state index >= 15 is 0 Å². The second kappa shape index (κ2) is 8.06. The summed E-state index contributed by atoms with van der Waals surface area (Å²) in [5, 5.41) is 13.7. The summed E-state index contributed by atoms with van der Waals surface area (Å²) in [6.07, 6.45) is 4.36. The number of rotatable bonds is 6. The van der Waals surface area contributed by atoms with Crippen LogP contribution in [0.2, 0.25) is 5.02 Å². The number of halogens is 1. The van der Waals surface area contributed by atoms with Crippen molar-refractivity contribution in [1.82, 2.24) is 9.88 Å². The molecule has 138 valence electrons. The van der Waals surface area contributed by atoms with Gasteiger partial charge in [0.15, 0.2) is 0 Å². The highest BCUT2D eigenvalue weighted by Gasteiger charge is 2.42. The second-order valence-electron chi connectivity index (χ2n) is 6.85. The number of carbonyl (C=O) groups is 1. The SMILES string of the molecule is O=C(NCC(O)Cn1ccccc1=O)C1(c2ccc(Cl)cc2)CCCC1. The van der Waals surface area contributed by atoms with Crippen LogP contribution in [0.5, 0.6) is 0 Å². The number of carbonyl (C=O) groups excluding carboxylic acids is 1. The number of benzene rings is 1. The number of aliphatic hydroxyl groups excluding tert-OH is 1. The minimum Gasteiger partial charge on any atom is -0.389 e. The second-order valence-corrected chi connectivity index (χ2v) is 7.29. The molecule has 1 fully saturated rings. The van der Waals surface area contributed by atoms with Crippen LogP contribution >= 0.6 is 11.6 Å². The van der Waals surface area contributed by atoms with E-state index in [0.717, 1.165) is 31.2 Å². The van der Waals surface area contributed by atoms with Gasteiger partial charge in [0.25, 0.3) is 5.56 Å². The van der Waals surface area contributed by atoms with E-state index in [1.165, 1.54) is 10.6 Å². The molecule has 1 unspecified atom stereocenters. The molecule has 1 aliphatic rings. The first-order chi connectivity index (χ1) is 12.5. The van der Waals surface area contributed by atoms with Gasteiger partial charge in [-0.1, -0.05) is 42.6 Å². The van der Waals surface area contributed by atoms with Crippen LogP contribution in [0.15, 0.2) is 53.5 Å². The number of nitrogens with zero attached hydrogens (tertiary/aromatic N) is 1. The van der Waals surface area contributed by atoms with E-state index in [1.54, 1.807) is 30.5 Å². The van der Waals surface area contributed by atoms with E-state index in [1.807, 2.05) is 12.1 Å². The van der Waals surface area contributed by atoms with E-state index in [-0.39, 0.29) is 24.6 Å². The predicted octanol–water partition coefficient (Wildman–Crippen LogP) is 2.49. The van der Waals surface area contributed by atoms with Crippen molar-refractivity contribution in [3.63, 3.8) is 0 Å². The van der Waals surface area contributed by atoms with E-state index in [4.69, 9.17) is 11.6 Å². The van der Waals surface area contributed by atoms with Crippen molar-refractivity contribution < 1.29 is 9.90 Å². The molecule has 3 rings (SSSR count). The zero-order chi connectivity index (χ0) is 18.6. The number of nitrogens with one attached hydrogen (secondary N) is 1. The van der Waals surface area contributed by atoms with Crippen LogP contribution in [0.4, 0.5) is 0 Å². The summed E-state index contributed by atoms with van der Waals surface area (Å²) in [6.45, 7) is 0.253. The zero-order valence-electron chi connectivity index (χ0n) is 14.5. The van der Waals surface area contributed by atoms with Crippen molar-refractivity contribution in [2.24, 2.45) is 0 Å². The Morgan fingerprint density at radius 2 is 1.88 bits per heavy atom. The van der Waals surface area contributed by atoms with E-state index in [2.05, 4.69) is 5.32 Å². The van der Waals surface area contributed by atoms with Gasteiger partial charge in [0.2, 0.25) is 5.91 Å². The molecule has 1 atom stereocenters. The number of aromatic nitrogens is 1. The molecule has 6 heteroatoms. The molecule has 1 aromatic heterocycles. The lowest BCUT2D eigenvalue weighted by Crippen LogP contribution is -2.46. The van der Waals surface area contributed by atoms with Crippen molar-refractivity contribution >= 4 is 17.5 Å². The minimum absolute atomic E-state index is 0.0724. The molecule has 1 amide bonds. The van der Waals surface area contributed by atoms with Gasteiger partial charge in [0.1, 0.15) is 0 Å². The first-order valence-electron chi connectivity index (χ1n) is 8.89. The fourth-order valence-electron chi connectivity index (χ4n) is 3.68. The maximum absolute atomic E-state index is 13.0. The molecule has 1 saturated carbocycles. The Bertz CT molecular complexity index is 810. The third-order valence-corrected chi connectivity index (χ3v) is 5.35. The van der Waals surface area contributed by atoms with Crippen molar-refractivity contribution in [2.75, 3.05) is 6.54 Å². The number of amides is 1. The van der Waals surface area contributed by atoms with Crippen molar-refractivity contribution in [3.05, 3.63) is 69.6 Å². The highest BCUT2D eigenvalue weighted by atomic mass is 35.5. The highest BCUT2D eigenvalue weighted by Crippen LogP contribution is 2.41. The number of aliphatic hydroxyl groups is 1. The molecule has 0 aliphatic heterocycles. The summed E-state index contributed by atoms with van der Waals surface area (Å²) in [5.41, 5.74) is 0.227. The Kier molecular flexibility index (Phi) is 5.79. The summed E-state index contributed by atoms with van der Waals surface area (Å²) in [5.74, 6) is -0.0724. The fourth-order valence-corrected chi connectivity index (χ4v) is 3.80. The topological polar surface area (TPSA) is 71.3 Å². The predicted molar refractivity (Wildman–Crippen MR) is 101 cm³/mol. The molecular formula is C20H23ClN2O3. The van der Waals surface area contributed by atoms with Gasteiger partial charge in [-0.3, -0.25) is 9.59 Å². The Balaban J connectivity index is 1.66. The van der Waals surface area contributed by atoms with Gasteiger partial charge in [-0.05, 0) is 36.6 Å². The van der Waals surface area contributed by atoms with Crippen LogP contribution in [0.1, 0.15) is 31.2 Å². The lowest BCUT2D eigenvalue weighted by molar-refractivity contribution is -0.127. The van der Waals surface area contributed by atoms with E-state index in [9.17, 15) is 14.7 Å². The Hall–Kier alpha value is -2.11. The van der Waals surface area contributed by atoms with E-state index < -0.39 is 11.5 Å². The molecule has 1 heterocycles. The van der Waals surface area contributed by atoms with Crippen molar-refractivity contribution in [1.29, 1.82) is 0 Å². The molecule has 2 N–H and O–H groups in total. The average Bonchev–Trinajstić information content (AvgIpc) is 3.13. The van der Waals surface area contributed by atoms with Crippen molar-refractivity contribution in [2.45, 2.75) is 43.7 Å². The molecule has 0 saturated heterocycles. The van der Waals surface area contributed by atoms with Crippen LogP contribution in [0.25, 0.3) is 0 Å². The highest BCUT2D eigenvalue weighted by molar-refractivity contribution is 6.30. The average molecular weight is 375 g/mol. The number of hydrogen-bond acceptors (Lipinski definition) is 3. The smallest absolute Gasteiger partial charge is 0.250 e. The molecule has 0 bridgehead atoms.